The number of hydrogen-bond acceptors (Lipinski definition) is 2. The quantitative estimate of drug-likeness (QED) is 0.881. The van der Waals surface area contributed by atoms with Crippen LogP contribution >= 0.6 is 0 Å². The molecule has 2 aromatic rings. The fourth-order valence-electron chi connectivity index (χ4n) is 3.48. The largest absolute Gasteiger partial charge is 0.493 e. The van der Waals surface area contributed by atoms with Gasteiger partial charge in [0.1, 0.15) is 5.75 Å². The Labute approximate surface area is 143 Å². The summed E-state index contributed by atoms with van der Waals surface area (Å²) >= 11 is 0. The lowest BCUT2D eigenvalue weighted by Gasteiger charge is -2.30. The summed E-state index contributed by atoms with van der Waals surface area (Å²) in [6.07, 6.45) is 5.13. The number of H-pyrrole nitrogens is 1. The smallest absolute Gasteiger partial charge is 0.317 e. The monoisotopic (exact) mass is 329 g/mol. The van der Waals surface area contributed by atoms with Crippen molar-refractivity contribution in [1.29, 1.82) is 0 Å². The molecule has 0 saturated carbocycles. The molecule has 0 radical (unpaired) electrons. The van der Waals surface area contributed by atoms with E-state index in [0.717, 1.165) is 42.6 Å². The molecule has 1 aliphatic heterocycles. The van der Waals surface area contributed by atoms with E-state index in [2.05, 4.69) is 23.3 Å². The van der Waals surface area contributed by atoms with Gasteiger partial charge in [-0.2, -0.15) is 0 Å². The van der Waals surface area contributed by atoms with Crippen molar-refractivity contribution in [3.8, 4) is 5.75 Å². The molecule has 2 amide bonds. The van der Waals surface area contributed by atoms with Crippen LogP contribution in [0.2, 0.25) is 0 Å². The number of nitrogens with one attached hydrogen (secondary N) is 2. The zero-order valence-corrected chi connectivity index (χ0v) is 14.6. The van der Waals surface area contributed by atoms with Crippen LogP contribution in [-0.2, 0) is 6.42 Å². The van der Waals surface area contributed by atoms with E-state index in [1.54, 1.807) is 0 Å². The van der Waals surface area contributed by atoms with Gasteiger partial charge in [-0.25, -0.2) is 4.79 Å². The number of benzene rings is 1. The summed E-state index contributed by atoms with van der Waals surface area (Å²) in [5, 5.41) is 4.18. The van der Waals surface area contributed by atoms with Crippen LogP contribution in [0.5, 0.6) is 5.75 Å². The number of fused-ring (bicyclic) bond motifs is 1. The van der Waals surface area contributed by atoms with E-state index in [-0.39, 0.29) is 6.03 Å². The van der Waals surface area contributed by atoms with Crippen LogP contribution < -0.4 is 10.1 Å². The SMILES string of the molecule is CCOc1cccc2[nH]cc(CCNC(=O)N3CCCC(C)C3)c12. The Bertz CT molecular complexity index is 695. The fourth-order valence-corrected chi connectivity index (χ4v) is 3.48. The Morgan fingerprint density at radius 1 is 1.46 bits per heavy atom. The van der Waals surface area contributed by atoms with Crippen molar-refractivity contribution in [3.63, 3.8) is 0 Å². The summed E-state index contributed by atoms with van der Waals surface area (Å²) < 4.78 is 5.74. The molecule has 1 atom stereocenters. The van der Waals surface area contributed by atoms with E-state index in [1.165, 1.54) is 12.0 Å². The van der Waals surface area contributed by atoms with Gasteiger partial charge < -0.3 is 19.9 Å². The summed E-state index contributed by atoms with van der Waals surface area (Å²) in [6, 6.07) is 6.10. The summed E-state index contributed by atoms with van der Waals surface area (Å²) in [7, 11) is 0. The lowest BCUT2D eigenvalue weighted by molar-refractivity contribution is 0.170. The number of carbonyl (C=O) groups is 1. The number of urea groups is 1. The number of likely N-dealkylation sites (tertiary alicyclic amines) is 1. The molecule has 1 aliphatic rings. The van der Waals surface area contributed by atoms with Crippen LogP contribution in [0, 0.1) is 5.92 Å². The maximum absolute atomic E-state index is 12.3. The van der Waals surface area contributed by atoms with Gasteiger partial charge in [0.2, 0.25) is 0 Å². The minimum absolute atomic E-state index is 0.0615. The predicted octanol–water partition coefficient (Wildman–Crippen LogP) is 3.55. The summed E-state index contributed by atoms with van der Waals surface area (Å²) in [6.45, 7) is 7.22. The summed E-state index contributed by atoms with van der Waals surface area (Å²) in [4.78, 5) is 17.5. The highest BCUT2D eigenvalue weighted by Gasteiger charge is 2.20. The van der Waals surface area contributed by atoms with Gasteiger partial charge in [0.25, 0.3) is 0 Å². The molecule has 1 saturated heterocycles. The third kappa shape index (κ3) is 3.66. The van der Waals surface area contributed by atoms with Crippen LogP contribution in [0.4, 0.5) is 4.79 Å². The zero-order valence-electron chi connectivity index (χ0n) is 14.6. The van der Waals surface area contributed by atoms with Crippen molar-refractivity contribution in [2.75, 3.05) is 26.2 Å². The van der Waals surface area contributed by atoms with Gasteiger partial charge in [-0.3, -0.25) is 0 Å². The fraction of sp³-hybridized carbons (Fsp3) is 0.526. The normalized spacial score (nSPS) is 17.9. The maximum atomic E-state index is 12.3. The zero-order chi connectivity index (χ0) is 16.9. The van der Waals surface area contributed by atoms with Crippen LogP contribution in [0.3, 0.4) is 0 Å². The number of aromatic nitrogens is 1. The number of rotatable bonds is 5. The lowest BCUT2D eigenvalue weighted by atomic mass is 10.0. The molecule has 1 unspecified atom stereocenters. The third-order valence-corrected chi connectivity index (χ3v) is 4.66. The predicted molar refractivity (Wildman–Crippen MR) is 96.5 cm³/mol. The second-order valence-corrected chi connectivity index (χ2v) is 6.60. The van der Waals surface area contributed by atoms with Crippen LogP contribution in [0.15, 0.2) is 24.4 Å². The van der Waals surface area contributed by atoms with Crippen molar-refractivity contribution in [2.24, 2.45) is 5.92 Å². The molecule has 2 N–H and O–H groups in total. The molecule has 24 heavy (non-hydrogen) atoms. The van der Waals surface area contributed by atoms with Crippen LogP contribution in [0.25, 0.3) is 10.9 Å². The second kappa shape index (κ2) is 7.60. The number of carbonyl (C=O) groups excluding carboxylic acids is 1. The molecule has 5 nitrogen and oxygen atoms in total. The first-order valence-electron chi connectivity index (χ1n) is 8.93. The van der Waals surface area contributed by atoms with E-state index in [1.807, 2.05) is 30.2 Å². The van der Waals surface area contributed by atoms with Gasteiger partial charge >= 0.3 is 6.03 Å². The highest BCUT2D eigenvalue weighted by Crippen LogP contribution is 2.29. The Kier molecular flexibility index (Phi) is 5.28. The number of hydrogen-bond donors (Lipinski definition) is 2. The van der Waals surface area contributed by atoms with E-state index in [9.17, 15) is 4.79 Å². The van der Waals surface area contributed by atoms with Gasteiger partial charge in [0.15, 0.2) is 0 Å². The first-order chi connectivity index (χ1) is 11.7. The molecular weight excluding hydrogens is 302 g/mol. The second-order valence-electron chi connectivity index (χ2n) is 6.60. The van der Waals surface area contributed by atoms with Crippen LogP contribution in [0.1, 0.15) is 32.3 Å². The standard InChI is InChI=1S/C19H27N3O2/c1-3-24-17-8-4-7-16-18(17)15(12-21-16)9-10-20-19(23)22-11-5-6-14(2)13-22/h4,7-8,12,14,21H,3,5-6,9-11,13H2,1-2H3,(H,20,23). The Hall–Kier alpha value is -2.17. The molecule has 2 heterocycles. The van der Waals surface area contributed by atoms with Crippen molar-refractivity contribution in [2.45, 2.75) is 33.1 Å². The minimum Gasteiger partial charge on any atom is -0.493 e. The first kappa shape index (κ1) is 16.7. The molecule has 1 aromatic carbocycles. The van der Waals surface area contributed by atoms with Gasteiger partial charge in [-0.05, 0) is 49.8 Å². The molecule has 0 bridgehead atoms. The number of aromatic amines is 1. The van der Waals surface area contributed by atoms with Crippen molar-refractivity contribution >= 4 is 16.9 Å². The number of ether oxygens (including phenoxy) is 1. The molecule has 130 valence electrons. The third-order valence-electron chi connectivity index (χ3n) is 4.66. The number of nitrogens with zero attached hydrogens (tertiary/aromatic N) is 1. The first-order valence-corrected chi connectivity index (χ1v) is 8.93. The molecule has 0 aliphatic carbocycles. The van der Waals surface area contributed by atoms with Gasteiger partial charge in [-0.15, -0.1) is 0 Å². The maximum Gasteiger partial charge on any atom is 0.317 e. The molecule has 3 rings (SSSR count). The van der Waals surface area contributed by atoms with E-state index >= 15 is 0 Å². The average molecular weight is 329 g/mol. The number of amides is 2. The summed E-state index contributed by atoms with van der Waals surface area (Å²) in [5.41, 5.74) is 2.26. The lowest BCUT2D eigenvalue weighted by Crippen LogP contribution is -2.45. The topological polar surface area (TPSA) is 57.4 Å². The van der Waals surface area contributed by atoms with Crippen LogP contribution in [-0.4, -0.2) is 42.2 Å². The van der Waals surface area contributed by atoms with Gasteiger partial charge in [-0.1, -0.05) is 13.0 Å². The molecule has 1 fully saturated rings. The van der Waals surface area contributed by atoms with Crippen molar-refractivity contribution < 1.29 is 9.53 Å². The van der Waals surface area contributed by atoms with E-state index in [4.69, 9.17) is 4.74 Å². The Balaban J connectivity index is 1.60. The molecular formula is C19H27N3O2. The van der Waals surface area contributed by atoms with E-state index in [0.29, 0.717) is 19.1 Å². The molecule has 1 aromatic heterocycles. The molecule has 0 spiro atoms. The minimum atomic E-state index is 0.0615. The Morgan fingerprint density at radius 2 is 2.33 bits per heavy atom. The van der Waals surface area contributed by atoms with Gasteiger partial charge in [0.05, 0.1) is 6.61 Å². The Morgan fingerprint density at radius 3 is 3.12 bits per heavy atom. The van der Waals surface area contributed by atoms with Crippen molar-refractivity contribution in [1.82, 2.24) is 15.2 Å². The van der Waals surface area contributed by atoms with Gasteiger partial charge in [0, 0.05) is 36.7 Å². The van der Waals surface area contributed by atoms with Crippen molar-refractivity contribution in [3.05, 3.63) is 30.0 Å². The highest BCUT2D eigenvalue weighted by molar-refractivity contribution is 5.89. The summed E-state index contributed by atoms with van der Waals surface area (Å²) in [5.74, 6) is 1.51. The number of piperidine rings is 1. The molecule has 5 heteroatoms. The average Bonchev–Trinajstić information content (AvgIpc) is 2.99. The highest BCUT2D eigenvalue weighted by atomic mass is 16.5. The van der Waals surface area contributed by atoms with E-state index < -0.39 is 0 Å².